The van der Waals surface area contributed by atoms with Crippen LogP contribution in [0.5, 0.6) is 5.75 Å². The van der Waals surface area contributed by atoms with Gasteiger partial charge in [0.25, 0.3) is 0 Å². The molecule has 3 rings (SSSR count). The van der Waals surface area contributed by atoms with E-state index in [1.165, 1.54) is 0 Å². The fourth-order valence-electron chi connectivity index (χ4n) is 3.08. The van der Waals surface area contributed by atoms with E-state index in [0.717, 1.165) is 17.0 Å². The summed E-state index contributed by atoms with van der Waals surface area (Å²) in [4.78, 5) is 2.19. The molecule has 0 unspecified atom stereocenters. The van der Waals surface area contributed by atoms with Gasteiger partial charge in [0, 0.05) is 26.2 Å². The van der Waals surface area contributed by atoms with Gasteiger partial charge in [0.1, 0.15) is 5.75 Å². The lowest BCUT2D eigenvalue weighted by atomic mass is 10.2. The summed E-state index contributed by atoms with van der Waals surface area (Å²) in [6.07, 6.45) is 0. The van der Waals surface area contributed by atoms with Crippen LogP contribution in [0.25, 0.3) is 0 Å². The van der Waals surface area contributed by atoms with Crippen LogP contribution in [0.3, 0.4) is 0 Å². The minimum Gasteiger partial charge on any atom is -0.492 e. The van der Waals surface area contributed by atoms with E-state index in [0.29, 0.717) is 32.8 Å². The second-order valence-corrected chi connectivity index (χ2v) is 8.00. The molecule has 2 aromatic rings. The zero-order chi connectivity index (χ0) is 17.7. The largest absolute Gasteiger partial charge is 0.492 e. The Morgan fingerprint density at radius 1 is 0.920 bits per heavy atom. The minimum atomic E-state index is -3.29. The number of nitrogens with zero attached hydrogens (tertiary/aromatic N) is 2. The first-order chi connectivity index (χ1) is 12.1. The van der Waals surface area contributed by atoms with Gasteiger partial charge in [-0.25, -0.2) is 8.42 Å². The van der Waals surface area contributed by atoms with Crippen molar-refractivity contribution in [1.29, 1.82) is 0 Å². The number of anilines is 1. The van der Waals surface area contributed by atoms with Gasteiger partial charge in [0.2, 0.25) is 10.0 Å². The van der Waals surface area contributed by atoms with Crippen LogP contribution < -0.4 is 9.64 Å². The number of hydrogen-bond donors (Lipinski definition) is 0. The third-order valence-corrected chi connectivity index (χ3v) is 6.18. The molecule has 0 N–H and O–H groups in total. The molecular weight excluding hydrogens is 336 g/mol. The van der Waals surface area contributed by atoms with Gasteiger partial charge >= 0.3 is 0 Å². The van der Waals surface area contributed by atoms with E-state index < -0.39 is 10.0 Å². The summed E-state index contributed by atoms with van der Waals surface area (Å²) in [5.74, 6) is 0.911. The van der Waals surface area contributed by atoms with E-state index in [1.54, 1.807) is 4.31 Å². The molecule has 0 saturated carbocycles. The molecule has 0 amide bonds. The maximum atomic E-state index is 12.7. The molecule has 134 valence electrons. The zero-order valence-corrected chi connectivity index (χ0v) is 15.3. The SMILES string of the molecule is CCOc1ccccc1N1CCN(S(=O)(=O)Cc2ccccc2)CC1. The molecule has 0 aliphatic carbocycles. The van der Waals surface area contributed by atoms with Crippen LogP contribution in [-0.4, -0.2) is 45.5 Å². The highest BCUT2D eigenvalue weighted by Gasteiger charge is 2.28. The number of benzene rings is 2. The summed E-state index contributed by atoms with van der Waals surface area (Å²) < 4.78 is 32.6. The highest BCUT2D eigenvalue weighted by molar-refractivity contribution is 7.88. The zero-order valence-electron chi connectivity index (χ0n) is 14.5. The molecule has 1 heterocycles. The van der Waals surface area contributed by atoms with Gasteiger partial charge < -0.3 is 9.64 Å². The number of sulfonamides is 1. The third kappa shape index (κ3) is 4.32. The van der Waals surface area contributed by atoms with Crippen molar-refractivity contribution in [2.75, 3.05) is 37.7 Å². The predicted octanol–water partition coefficient (Wildman–Crippen LogP) is 2.74. The normalized spacial score (nSPS) is 16.0. The van der Waals surface area contributed by atoms with E-state index in [1.807, 2.05) is 61.5 Å². The Morgan fingerprint density at radius 2 is 1.56 bits per heavy atom. The van der Waals surface area contributed by atoms with Gasteiger partial charge in [-0.1, -0.05) is 42.5 Å². The Balaban J connectivity index is 1.66. The Bertz CT molecular complexity index is 785. The second kappa shape index (κ2) is 7.89. The summed E-state index contributed by atoms with van der Waals surface area (Å²) in [6.45, 7) is 4.90. The van der Waals surface area contributed by atoms with Gasteiger partial charge in [-0.05, 0) is 24.6 Å². The van der Waals surface area contributed by atoms with Gasteiger partial charge in [-0.3, -0.25) is 0 Å². The smallest absolute Gasteiger partial charge is 0.218 e. The molecule has 1 saturated heterocycles. The van der Waals surface area contributed by atoms with Gasteiger partial charge in [-0.15, -0.1) is 0 Å². The van der Waals surface area contributed by atoms with Crippen LogP contribution >= 0.6 is 0 Å². The Kier molecular flexibility index (Phi) is 5.60. The average molecular weight is 360 g/mol. The lowest BCUT2D eigenvalue weighted by Gasteiger charge is -2.36. The summed E-state index contributed by atoms with van der Waals surface area (Å²) in [7, 11) is -3.29. The molecule has 1 aliphatic heterocycles. The average Bonchev–Trinajstić information content (AvgIpc) is 2.63. The van der Waals surface area contributed by atoms with E-state index >= 15 is 0 Å². The lowest BCUT2D eigenvalue weighted by molar-refractivity contribution is 0.337. The molecule has 1 fully saturated rings. The molecule has 0 atom stereocenters. The second-order valence-electron chi connectivity index (χ2n) is 6.03. The van der Waals surface area contributed by atoms with Gasteiger partial charge in [0.15, 0.2) is 0 Å². The van der Waals surface area contributed by atoms with Crippen LogP contribution in [0, 0.1) is 0 Å². The first-order valence-electron chi connectivity index (χ1n) is 8.58. The Morgan fingerprint density at radius 3 is 2.24 bits per heavy atom. The van der Waals surface area contributed by atoms with E-state index in [4.69, 9.17) is 4.74 Å². The number of hydrogen-bond acceptors (Lipinski definition) is 4. The minimum absolute atomic E-state index is 0.0589. The molecule has 25 heavy (non-hydrogen) atoms. The van der Waals surface area contributed by atoms with Crippen molar-refractivity contribution < 1.29 is 13.2 Å². The first kappa shape index (κ1) is 17.8. The number of rotatable bonds is 6. The monoisotopic (exact) mass is 360 g/mol. The molecular formula is C19H24N2O3S. The summed E-state index contributed by atoms with van der Waals surface area (Å²) in [6, 6.07) is 17.3. The van der Waals surface area contributed by atoms with E-state index in [9.17, 15) is 8.42 Å². The molecule has 5 nitrogen and oxygen atoms in total. The molecule has 2 aromatic carbocycles. The van der Waals surface area contributed by atoms with Crippen molar-refractivity contribution in [1.82, 2.24) is 4.31 Å². The van der Waals surface area contributed by atoms with Gasteiger partial charge in [0.05, 0.1) is 18.0 Å². The van der Waals surface area contributed by atoms with Crippen LogP contribution in [0.15, 0.2) is 54.6 Å². The highest BCUT2D eigenvalue weighted by Crippen LogP contribution is 2.29. The van der Waals surface area contributed by atoms with Crippen LogP contribution in [0.4, 0.5) is 5.69 Å². The Labute approximate surface area is 149 Å². The highest BCUT2D eigenvalue weighted by atomic mass is 32.2. The van der Waals surface area contributed by atoms with Crippen molar-refractivity contribution in [3.8, 4) is 5.75 Å². The quantitative estimate of drug-likeness (QED) is 0.795. The lowest BCUT2D eigenvalue weighted by Crippen LogP contribution is -2.49. The molecule has 0 spiro atoms. The fraction of sp³-hybridized carbons (Fsp3) is 0.368. The number of ether oxygens (including phenoxy) is 1. The molecule has 0 bridgehead atoms. The number of para-hydroxylation sites is 2. The maximum Gasteiger partial charge on any atom is 0.218 e. The predicted molar refractivity (Wildman–Crippen MR) is 100 cm³/mol. The van der Waals surface area contributed by atoms with Crippen molar-refractivity contribution in [3.05, 3.63) is 60.2 Å². The molecule has 0 radical (unpaired) electrons. The standard InChI is InChI=1S/C19H24N2O3S/c1-2-24-19-11-7-6-10-18(19)20-12-14-21(15-13-20)25(22,23)16-17-8-4-3-5-9-17/h3-11H,2,12-16H2,1H3. The molecule has 0 aromatic heterocycles. The Hall–Kier alpha value is -2.05. The fourth-order valence-corrected chi connectivity index (χ4v) is 4.60. The van der Waals surface area contributed by atoms with E-state index in [2.05, 4.69) is 4.90 Å². The van der Waals surface area contributed by atoms with E-state index in [-0.39, 0.29) is 5.75 Å². The van der Waals surface area contributed by atoms with Crippen LogP contribution in [-0.2, 0) is 15.8 Å². The maximum absolute atomic E-state index is 12.7. The first-order valence-corrected chi connectivity index (χ1v) is 10.2. The van der Waals surface area contributed by atoms with Crippen molar-refractivity contribution in [3.63, 3.8) is 0 Å². The third-order valence-electron chi connectivity index (χ3n) is 4.33. The van der Waals surface area contributed by atoms with Gasteiger partial charge in [-0.2, -0.15) is 4.31 Å². The topological polar surface area (TPSA) is 49.9 Å². The van der Waals surface area contributed by atoms with Crippen molar-refractivity contribution in [2.24, 2.45) is 0 Å². The summed E-state index contributed by atoms with van der Waals surface area (Å²) >= 11 is 0. The van der Waals surface area contributed by atoms with Crippen LogP contribution in [0.2, 0.25) is 0 Å². The molecule has 1 aliphatic rings. The van der Waals surface area contributed by atoms with Crippen molar-refractivity contribution >= 4 is 15.7 Å². The summed E-state index contributed by atoms with van der Waals surface area (Å²) in [5.41, 5.74) is 1.86. The van der Waals surface area contributed by atoms with Crippen LogP contribution in [0.1, 0.15) is 12.5 Å². The number of piperazine rings is 1. The summed E-state index contributed by atoms with van der Waals surface area (Å²) in [5, 5.41) is 0. The molecule has 6 heteroatoms. The van der Waals surface area contributed by atoms with Crippen molar-refractivity contribution in [2.45, 2.75) is 12.7 Å².